The van der Waals surface area contributed by atoms with Gasteiger partial charge in [-0.25, -0.2) is 0 Å². The monoisotopic (exact) mass is 962 g/mol. The Labute approximate surface area is 338 Å². The van der Waals surface area contributed by atoms with Gasteiger partial charge in [0.15, 0.2) is 0 Å². The molecular formula is C47H54I2Zr. The minimum absolute atomic E-state index is 0.00416. The first-order valence-corrected chi connectivity index (χ1v) is 24.0. The molecule has 0 heterocycles. The molecule has 0 atom stereocenters. The molecule has 6 rings (SSSR count). The first kappa shape index (κ1) is 38.3. The van der Waals surface area contributed by atoms with E-state index in [-0.39, 0.29) is 21.7 Å². The van der Waals surface area contributed by atoms with Gasteiger partial charge in [0.1, 0.15) is 0 Å². The molecule has 0 radical (unpaired) electrons. The fourth-order valence-corrected chi connectivity index (χ4v) is 17.8. The van der Waals surface area contributed by atoms with Crippen LogP contribution in [0.3, 0.4) is 0 Å². The van der Waals surface area contributed by atoms with Gasteiger partial charge in [-0.05, 0) is 0 Å². The Morgan fingerprint density at radius 3 is 1.50 bits per heavy atom. The second-order valence-corrected chi connectivity index (χ2v) is 26.9. The first-order valence-electron chi connectivity index (χ1n) is 18.2. The number of rotatable bonds is 4. The zero-order valence-corrected chi connectivity index (χ0v) is 39.0. The molecule has 0 unspecified atom stereocenters. The average molecular weight is 964 g/mol. The van der Waals surface area contributed by atoms with Crippen molar-refractivity contribution in [3.63, 3.8) is 0 Å². The number of allylic oxidation sites excluding steroid dienone is 4. The van der Waals surface area contributed by atoms with Crippen molar-refractivity contribution < 1.29 is 21.3 Å². The van der Waals surface area contributed by atoms with Crippen molar-refractivity contribution in [1.82, 2.24) is 0 Å². The van der Waals surface area contributed by atoms with Crippen LogP contribution in [0.2, 0.25) is 0 Å². The molecule has 0 aromatic heterocycles. The van der Waals surface area contributed by atoms with Crippen LogP contribution in [0.15, 0.2) is 88.2 Å². The molecule has 0 bridgehead atoms. The van der Waals surface area contributed by atoms with Crippen LogP contribution in [-0.4, -0.2) is 3.21 Å². The Hall–Kier alpha value is -1.43. The molecule has 0 fully saturated rings. The summed E-state index contributed by atoms with van der Waals surface area (Å²) < 4.78 is 7.59. The third kappa shape index (κ3) is 7.50. The van der Waals surface area contributed by atoms with Gasteiger partial charge in [0.05, 0.1) is 0 Å². The molecule has 4 aromatic carbocycles. The van der Waals surface area contributed by atoms with Crippen molar-refractivity contribution >= 4 is 51.7 Å². The summed E-state index contributed by atoms with van der Waals surface area (Å²) in [5.41, 5.74) is 15.1. The second kappa shape index (κ2) is 13.8. The Morgan fingerprint density at radius 1 is 0.580 bits per heavy atom. The molecule has 50 heavy (non-hydrogen) atoms. The van der Waals surface area contributed by atoms with E-state index in [0.29, 0.717) is 0 Å². The molecular weight excluding hydrogens is 910 g/mol. The van der Waals surface area contributed by atoms with Crippen molar-refractivity contribution in [3.05, 3.63) is 140 Å². The summed E-state index contributed by atoms with van der Waals surface area (Å²) in [6.45, 7) is 29.1. The van der Waals surface area contributed by atoms with E-state index in [1.54, 1.807) is 20.9 Å². The molecule has 2 aliphatic rings. The maximum absolute atomic E-state index is 2.93. The summed E-state index contributed by atoms with van der Waals surface area (Å²) in [5.74, 6) is 0. The topological polar surface area (TPSA) is 0 Å². The van der Waals surface area contributed by atoms with Crippen LogP contribution in [0.4, 0.5) is 0 Å². The van der Waals surface area contributed by atoms with Gasteiger partial charge in [0.2, 0.25) is 0 Å². The molecule has 0 saturated heterocycles. The fourth-order valence-electron chi connectivity index (χ4n) is 8.03. The minimum atomic E-state index is -2.93. The van der Waals surface area contributed by atoms with E-state index in [9.17, 15) is 0 Å². The third-order valence-electron chi connectivity index (χ3n) is 10.4. The van der Waals surface area contributed by atoms with Crippen molar-refractivity contribution in [2.24, 2.45) is 0 Å². The van der Waals surface area contributed by atoms with Crippen molar-refractivity contribution in [2.75, 3.05) is 0 Å². The molecule has 0 amide bonds. The molecule has 0 spiro atoms. The molecule has 0 nitrogen and oxygen atoms in total. The zero-order valence-electron chi connectivity index (χ0n) is 32.3. The predicted molar refractivity (Wildman–Crippen MR) is 232 cm³/mol. The molecule has 260 valence electrons. The number of benzene rings is 4. The number of hydrogen-bond donors (Lipinski definition) is 0. The van der Waals surface area contributed by atoms with E-state index < -0.39 is 21.3 Å². The van der Waals surface area contributed by atoms with Gasteiger partial charge in [-0.15, -0.1) is 0 Å². The van der Waals surface area contributed by atoms with Gasteiger partial charge >= 0.3 is 342 Å². The Morgan fingerprint density at radius 2 is 1.06 bits per heavy atom. The average Bonchev–Trinajstić information content (AvgIpc) is 3.66. The number of fused-ring (bicyclic) bond motifs is 3. The van der Waals surface area contributed by atoms with Crippen LogP contribution in [0.25, 0.3) is 11.1 Å². The summed E-state index contributed by atoms with van der Waals surface area (Å²) in [4.78, 5) is 0. The summed E-state index contributed by atoms with van der Waals surface area (Å²) in [6.07, 6.45) is 9.31. The standard InChI is InChI=1S/C29H41.C13H8I2.C5H5.Zr/c1-26(2,3)22-14-18-13-19-15-23(27(4,5)6)25(29(10,11)12)17-21(19)20(18)16-24(22)28(7,8)9;14-12-5-1-10(2-6-12)9-11-3-7-13(15)8-4-11;1-2-4-5-3-1;/h14,16-17H,13H2,1-12H3;1-8H;1-3H,4H2;. The van der Waals surface area contributed by atoms with Gasteiger partial charge in [-0.3, -0.25) is 0 Å². The Balaban J connectivity index is 1.85. The summed E-state index contributed by atoms with van der Waals surface area (Å²) >= 11 is 1.99. The van der Waals surface area contributed by atoms with Crippen LogP contribution >= 0.6 is 45.2 Å². The predicted octanol–water partition coefficient (Wildman–Crippen LogP) is 13.0. The van der Waals surface area contributed by atoms with E-state index in [1.165, 1.54) is 51.6 Å². The van der Waals surface area contributed by atoms with Gasteiger partial charge in [0, 0.05) is 0 Å². The van der Waals surface area contributed by atoms with Gasteiger partial charge in [-0.1, -0.05) is 0 Å². The quantitative estimate of drug-likeness (QED) is 0.158. The molecule has 0 aliphatic heterocycles. The van der Waals surface area contributed by atoms with Crippen molar-refractivity contribution in [1.29, 1.82) is 0 Å². The zero-order chi connectivity index (χ0) is 36.6. The summed E-state index contributed by atoms with van der Waals surface area (Å²) in [5, 5.41) is 0. The fraction of sp³-hybridized carbons (Fsp3) is 0.383. The number of hydrogen-bond acceptors (Lipinski definition) is 0. The Bertz CT molecular complexity index is 2010. The molecule has 3 heteroatoms. The summed E-state index contributed by atoms with van der Waals surface area (Å²) in [6, 6.07) is 26.7. The van der Waals surface area contributed by atoms with Crippen LogP contribution in [-0.2, 0) is 49.3 Å². The normalized spacial score (nSPS) is 14.5. The van der Waals surface area contributed by atoms with E-state index in [0.717, 1.165) is 12.8 Å². The SMILES string of the molecule is CC(C)(C)c1cc2c(cc1C(C)(C)C)-c1cc(C(C)(C)C)c(C(C)(C)C)[c]([Zr]([C]3=CC=CC3)=[C](c3ccc(I)cc3)c3ccc(I)cc3)c1C2. The molecule has 2 aliphatic carbocycles. The van der Waals surface area contributed by atoms with Crippen LogP contribution < -0.4 is 3.27 Å². The molecule has 4 aromatic rings. The maximum atomic E-state index is 2.64. The Kier molecular flexibility index (Phi) is 10.5. The van der Waals surface area contributed by atoms with Crippen LogP contribution in [0, 0.1) is 7.14 Å². The number of halogens is 2. The van der Waals surface area contributed by atoms with Crippen molar-refractivity contribution in [2.45, 2.75) is 118 Å². The van der Waals surface area contributed by atoms with Gasteiger partial charge in [0.25, 0.3) is 0 Å². The van der Waals surface area contributed by atoms with E-state index in [2.05, 4.69) is 213 Å². The van der Waals surface area contributed by atoms with Crippen molar-refractivity contribution in [3.8, 4) is 11.1 Å². The summed E-state index contributed by atoms with van der Waals surface area (Å²) in [7, 11) is 0. The first-order chi connectivity index (χ1) is 23.2. The second-order valence-electron chi connectivity index (χ2n) is 18.5. The third-order valence-corrected chi connectivity index (χ3v) is 19.5. The van der Waals surface area contributed by atoms with Gasteiger partial charge in [-0.2, -0.15) is 0 Å². The van der Waals surface area contributed by atoms with E-state index in [4.69, 9.17) is 0 Å². The van der Waals surface area contributed by atoms with Gasteiger partial charge < -0.3 is 0 Å². The van der Waals surface area contributed by atoms with E-state index >= 15 is 0 Å². The van der Waals surface area contributed by atoms with Crippen LogP contribution in [0.1, 0.15) is 134 Å². The molecule has 0 N–H and O–H groups in total. The molecule has 0 saturated carbocycles. The van der Waals surface area contributed by atoms with E-state index in [1.807, 2.05) is 0 Å². The van der Waals surface area contributed by atoms with Crippen LogP contribution in [0.5, 0.6) is 0 Å².